The lowest BCUT2D eigenvalue weighted by molar-refractivity contribution is -0.121. The van der Waals surface area contributed by atoms with Crippen LogP contribution in [0.5, 0.6) is 5.75 Å². The van der Waals surface area contributed by atoms with Crippen LogP contribution in [0.4, 0.5) is 0 Å². The number of hydrogen-bond acceptors (Lipinski definition) is 7. The normalized spacial score (nSPS) is 19.9. The summed E-state index contributed by atoms with van der Waals surface area (Å²) in [6.07, 6.45) is 5.28. The van der Waals surface area contributed by atoms with Crippen molar-refractivity contribution < 1.29 is 19.1 Å². The van der Waals surface area contributed by atoms with E-state index in [0.29, 0.717) is 48.8 Å². The van der Waals surface area contributed by atoms with E-state index in [1.54, 1.807) is 12.3 Å². The van der Waals surface area contributed by atoms with E-state index in [2.05, 4.69) is 15.6 Å². The van der Waals surface area contributed by atoms with Gasteiger partial charge in [-0.15, -0.1) is 0 Å². The van der Waals surface area contributed by atoms with Crippen molar-refractivity contribution in [2.45, 2.75) is 38.0 Å². The summed E-state index contributed by atoms with van der Waals surface area (Å²) in [5, 5.41) is 18.0. The zero-order valence-electron chi connectivity index (χ0n) is 19.8. The zero-order chi connectivity index (χ0) is 25.1. The number of phenolic OH excluding ortho intramolecular Hbond substituents is 1. The second kappa shape index (κ2) is 10.8. The van der Waals surface area contributed by atoms with Crippen LogP contribution in [0, 0.1) is 0 Å². The molecule has 0 bridgehead atoms. The summed E-state index contributed by atoms with van der Waals surface area (Å²) in [6.45, 7) is 2.18. The lowest BCUT2D eigenvalue weighted by atomic mass is 9.97. The molecule has 8 nitrogen and oxygen atoms in total. The maximum atomic E-state index is 12.3. The molecule has 2 aliphatic heterocycles. The topological polar surface area (TPSA) is 122 Å². The van der Waals surface area contributed by atoms with E-state index in [0.717, 1.165) is 34.2 Å². The number of ether oxygens (including phenoxy) is 1. The molecule has 1 fully saturated rings. The molecular weight excluding hydrogens is 480 g/mol. The third kappa shape index (κ3) is 5.63. The van der Waals surface area contributed by atoms with Crippen molar-refractivity contribution in [3.8, 4) is 16.9 Å². The van der Waals surface area contributed by atoms with Gasteiger partial charge in [0.05, 0.1) is 30.8 Å². The highest BCUT2D eigenvalue weighted by Gasteiger charge is 2.20. The van der Waals surface area contributed by atoms with Gasteiger partial charge in [0.15, 0.2) is 5.58 Å². The van der Waals surface area contributed by atoms with E-state index in [4.69, 9.17) is 26.5 Å². The quantitative estimate of drug-likeness (QED) is 0.379. The molecule has 1 aromatic heterocycles. The largest absolute Gasteiger partial charge is 0.508 e. The van der Waals surface area contributed by atoms with Crippen molar-refractivity contribution in [1.82, 2.24) is 10.6 Å². The molecule has 0 saturated carbocycles. The van der Waals surface area contributed by atoms with Gasteiger partial charge in [0, 0.05) is 36.6 Å². The van der Waals surface area contributed by atoms with Crippen LogP contribution in [0.25, 0.3) is 22.1 Å². The monoisotopic (exact) mass is 508 g/mol. The number of aromatic hydroxyl groups is 1. The summed E-state index contributed by atoms with van der Waals surface area (Å²) in [5.74, 6) is 0.783. The average molecular weight is 509 g/mol. The number of nitrogens with two attached hydrogens (primary N) is 1. The first-order chi connectivity index (χ1) is 17.5. The Morgan fingerprint density at radius 3 is 2.92 bits per heavy atom. The van der Waals surface area contributed by atoms with Crippen LogP contribution in [0.1, 0.15) is 36.6 Å². The van der Waals surface area contributed by atoms with Crippen LogP contribution in [-0.2, 0) is 16.1 Å². The molecule has 2 aliphatic rings. The van der Waals surface area contributed by atoms with Crippen LogP contribution in [0.3, 0.4) is 0 Å². The summed E-state index contributed by atoms with van der Waals surface area (Å²) < 4.78 is 11.5. The van der Waals surface area contributed by atoms with Gasteiger partial charge < -0.3 is 30.6 Å². The Bertz CT molecular complexity index is 1330. The third-order valence-electron chi connectivity index (χ3n) is 6.43. The highest BCUT2D eigenvalue weighted by atomic mass is 35.5. The van der Waals surface area contributed by atoms with Crippen molar-refractivity contribution in [2.75, 3.05) is 19.8 Å². The average Bonchev–Trinajstić information content (AvgIpc) is 3.32. The maximum Gasteiger partial charge on any atom is 0.220 e. The molecule has 5 N–H and O–H groups in total. The summed E-state index contributed by atoms with van der Waals surface area (Å²) >= 11 is 6.56. The van der Waals surface area contributed by atoms with Crippen molar-refractivity contribution in [3.05, 3.63) is 64.4 Å². The molecule has 3 aromatic rings. The molecule has 1 amide bonds. The molecule has 0 radical (unpaired) electrons. The molecule has 1 saturated heterocycles. The van der Waals surface area contributed by atoms with Crippen LogP contribution in [-0.4, -0.2) is 43.2 Å². The molecule has 9 heteroatoms. The number of rotatable bonds is 7. The van der Waals surface area contributed by atoms with Crippen molar-refractivity contribution >= 4 is 34.7 Å². The van der Waals surface area contributed by atoms with Gasteiger partial charge in [0.2, 0.25) is 5.91 Å². The fraction of sp³-hybridized carbons (Fsp3) is 0.333. The molecule has 188 valence electrons. The summed E-state index contributed by atoms with van der Waals surface area (Å²) in [4.78, 5) is 16.5. The minimum absolute atomic E-state index is 0.0664. The number of benzene rings is 2. The number of phenols is 1. The van der Waals surface area contributed by atoms with Crippen LogP contribution in [0.2, 0.25) is 5.02 Å². The molecule has 2 aromatic carbocycles. The van der Waals surface area contributed by atoms with Gasteiger partial charge >= 0.3 is 0 Å². The molecule has 3 heterocycles. The van der Waals surface area contributed by atoms with E-state index in [1.165, 1.54) is 0 Å². The van der Waals surface area contributed by atoms with Gasteiger partial charge in [-0.05, 0) is 53.5 Å². The molecular formula is C27H29ClN4O4. The van der Waals surface area contributed by atoms with Gasteiger partial charge in [0.1, 0.15) is 17.7 Å². The molecule has 36 heavy (non-hydrogen) atoms. The summed E-state index contributed by atoms with van der Waals surface area (Å²) in [5.41, 5.74) is 9.96. The fourth-order valence-corrected chi connectivity index (χ4v) is 4.74. The van der Waals surface area contributed by atoms with Gasteiger partial charge in [-0.25, -0.2) is 0 Å². The number of nitrogens with zero attached hydrogens (tertiary/aromatic N) is 1. The van der Waals surface area contributed by atoms with Crippen molar-refractivity contribution in [3.63, 3.8) is 0 Å². The van der Waals surface area contributed by atoms with Gasteiger partial charge in [-0.1, -0.05) is 23.7 Å². The Morgan fingerprint density at radius 1 is 1.25 bits per heavy atom. The number of dihydropyridines is 1. The second-order valence-corrected chi connectivity index (χ2v) is 9.49. The highest BCUT2D eigenvalue weighted by molar-refractivity contribution is 6.35. The molecule has 2 unspecified atom stereocenters. The Labute approximate surface area is 214 Å². The van der Waals surface area contributed by atoms with E-state index >= 15 is 0 Å². The molecule has 5 rings (SSSR count). The van der Waals surface area contributed by atoms with Gasteiger partial charge in [-0.2, -0.15) is 0 Å². The molecule has 0 spiro atoms. The third-order valence-corrected chi connectivity index (χ3v) is 6.71. The summed E-state index contributed by atoms with van der Waals surface area (Å²) in [7, 11) is 0. The lowest BCUT2D eigenvalue weighted by Crippen LogP contribution is -2.34. The van der Waals surface area contributed by atoms with E-state index in [-0.39, 0.29) is 30.4 Å². The van der Waals surface area contributed by atoms with Crippen LogP contribution in [0.15, 0.2) is 57.5 Å². The predicted molar refractivity (Wildman–Crippen MR) is 140 cm³/mol. The highest BCUT2D eigenvalue weighted by Crippen LogP contribution is 2.36. The number of nitrogens with one attached hydrogen (secondary N) is 2. The van der Waals surface area contributed by atoms with Gasteiger partial charge in [-0.3, -0.25) is 9.79 Å². The van der Waals surface area contributed by atoms with Gasteiger partial charge in [0.25, 0.3) is 0 Å². The van der Waals surface area contributed by atoms with Crippen LogP contribution >= 0.6 is 11.6 Å². The SMILES string of the molecule is NC1CC=C(CCC(=O)NCc2cc3cc(-c4ccc(O)c(C5COCCN5)c4)cc(Cl)c3o2)C=N1. The van der Waals surface area contributed by atoms with E-state index in [9.17, 15) is 9.90 Å². The predicted octanol–water partition coefficient (Wildman–Crippen LogP) is 4.20. The Kier molecular flexibility index (Phi) is 7.38. The summed E-state index contributed by atoms with van der Waals surface area (Å²) in [6, 6.07) is 11.2. The number of halogens is 1. The number of furan rings is 1. The Balaban J connectivity index is 1.27. The number of amides is 1. The molecule has 2 atom stereocenters. The number of carbonyl (C=O) groups is 1. The minimum atomic E-state index is -0.178. The standard InChI is InChI=1S/C27H29ClN4O4/c28-22-12-18(17-3-4-24(33)21(11-17)23-15-35-8-7-30-23)9-19-10-20(36-27(19)22)14-32-26(34)6-2-16-1-5-25(29)31-13-16/h1,3-4,9-13,23,25,30,33H,2,5-8,14-15,29H2,(H,32,34). The van der Waals surface area contributed by atoms with Crippen molar-refractivity contribution in [1.29, 1.82) is 0 Å². The first-order valence-electron chi connectivity index (χ1n) is 12.1. The first kappa shape index (κ1) is 24.5. The Morgan fingerprint density at radius 2 is 2.14 bits per heavy atom. The first-order valence-corrected chi connectivity index (χ1v) is 12.4. The Hall–Kier alpha value is -3.17. The lowest BCUT2D eigenvalue weighted by Gasteiger charge is -2.25. The number of morpholine rings is 1. The second-order valence-electron chi connectivity index (χ2n) is 9.08. The van der Waals surface area contributed by atoms with E-state index < -0.39 is 0 Å². The number of aliphatic imine (C=N–C) groups is 1. The van der Waals surface area contributed by atoms with E-state index in [1.807, 2.05) is 36.4 Å². The smallest absolute Gasteiger partial charge is 0.220 e. The number of allylic oxidation sites excluding steroid dienone is 1. The number of carbonyl (C=O) groups excluding carboxylic acids is 1. The number of fused-ring (bicyclic) bond motifs is 1. The minimum Gasteiger partial charge on any atom is -0.508 e. The maximum absolute atomic E-state index is 12.3. The van der Waals surface area contributed by atoms with Crippen LogP contribution < -0.4 is 16.4 Å². The molecule has 0 aliphatic carbocycles. The fourth-order valence-electron chi connectivity index (χ4n) is 4.47. The van der Waals surface area contributed by atoms with Crippen molar-refractivity contribution in [2.24, 2.45) is 10.7 Å². The zero-order valence-corrected chi connectivity index (χ0v) is 20.6. The number of hydrogen-bond donors (Lipinski definition) is 4.